The number of methoxy groups -OCH3 is 1. The van der Waals surface area contributed by atoms with Gasteiger partial charge in [0, 0.05) is 38.9 Å². The van der Waals surface area contributed by atoms with Crippen LogP contribution in [-0.2, 0) is 6.54 Å². The third kappa shape index (κ3) is 3.25. The summed E-state index contributed by atoms with van der Waals surface area (Å²) in [6, 6.07) is 11.5. The summed E-state index contributed by atoms with van der Waals surface area (Å²) in [6.07, 6.45) is 3.49. The number of rotatable bonds is 4. The van der Waals surface area contributed by atoms with Crippen LogP contribution in [0.15, 0.2) is 48.9 Å². The van der Waals surface area contributed by atoms with Crippen LogP contribution in [0.1, 0.15) is 15.9 Å². The number of pyridine rings is 1. The fourth-order valence-electron chi connectivity index (χ4n) is 3.31. The van der Waals surface area contributed by atoms with Gasteiger partial charge in [-0.3, -0.25) is 9.69 Å². The second-order valence-electron chi connectivity index (χ2n) is 6.37. The van der Waals surface area contributed by atoms with Gasteiger partial charge < -0.3 is 9.64 Å². The molecule has 4 rings (SSSR count). The number of nitrogens with zero attached hydrogens (tertiary/aromatic N) is 5. The van der Waals surface area contributed by atoms with Crippen LogP contribution < -0.4 is 4.74 Å². The summed E-state index contributed by atoms with van der Waals surface area (Å²) in [5.74, 6) is 0.661. The molecule has 1 amide bonds. The van der Waals surface area contributed by atoms with E-state index in [0.29, 0.717) is 24.4 Å². The number of amides is 1. The lowest BCUT2D eigenvalue weighted by Gasteiger charge is -2.35. The molecule has 1 aliphatic rings. The van der Waals surface area contributed by atoms with Crippen LogP contribution in [0.3, 0.4) is 0 Å². The quantitative estimate of drug-likeness (QED) is 0.716. The van der Waals surface area contributed by atoms with Crippen LogP contribution in [0, 0.1) is 0 Å². The van der Waals surface area contributed by atoms with Gasteiger partial charge in [-0.1, -0.05) is 12.1 Å². The number of fused-ring (bicyclic) bond motifs is 1. The number of benzene rings is 1. The first kappa shape index (κ1) is 16.5. The molecule has 7 heteroatoms. The Morgan fingerprint density at radius 3 is 2.77 bits per heavy atom. The first-order valence-electron chi connectivity index (χ1n) is 8.67. The second-order valence-corrected chi connectivity index (χ2v) is 6.37. The molecule has 0 bridgehead atoms. The molecule has 0 spiro atoms. The summed E-state index contributed by atoms with van der Waals surface area (Å²) in [6.45, 7) is 3.96. The van der Waals surface area contributed by atoms with Crippen molar-refractivity contribution in [2.45, 2.75) is 6.54 Å². The number of ether oxygens (including phenoxy) is 1. The molecule has 1 saturated heterocycles. The van der Waals surface area contributed by atoms with Crippen LogP contribution in [0.2, 0.25) is 0 Å². The van der Waals surface area contributed by atoms with Crippen molar-refractivity contribution in [1.82, 2.24) is 24.4 Å². The lowest BCUT2D eigenvalue weighted by Crippen LogP contribution is -2.48. The van der Waals surface area contributed by atoms with Crippen LogP contribution in [0.5, 0.6) is 5.75 Å². The highest BCUT2D eigenvalue weighted by Crippen LogP contribution is 2.20. The molecule has 1 aromatic carbocycles. The molecule has 1 aliphatic heterocycles. The zero-order valence-electron chi connectivity index (χ0n) is 14.7. The SMILES string of the molecule is COc1ccccc1C(=O)N1CCN(Cc2ccn3ncnc3c2)CC1. The fourth-order valence-corrected chi connectivity index (χ4v) is 3.31. The molecule has 3 aromatic rings. The van der Waals surface area contributed by atoms with Crippen LogP contribution in [0.4, 0.5) is 0 Å². The van der Waals surface area contributed by atoms with Gasteiger partial charge in [-0.05, 0) is 29.8 Å². The number of hydrogen-bond acceptors (Lipinski definition) is 5. The Bertz CT molecular complexity index is 915. The average Bonchev–Trinajstić information content (AvgIpc) is 3.16. The van der Waals surface area contributed by atoms with Crippen molar-refractivity contribution in [2.24, 2.45) is 0 Å². The number of carbonyl (C=O) groups excluding carboxylic acids is 1. The van der Waals surface area contributed by atoms with E-state index in [1.165, 1.54) is 5.56 Å². The number of para-hydroxylation sites is 1. The maximum Gasteiger partial charge on any atom is 0.257 e. The number of piperazine rings is 1. The standard InChI is InChI=1S/C19H21N5O2/c1-26-17-5-3-2-4-16(17)19(25)23-10-8-22(9-11-23)13-15-6-7-24-18(12-15)20-14-21-24/h2-7,12,14H,8-11,13H2,1H3. The zero-order valence-corrected chi connectivity index (χ0v) is 14.7. The van der Waals surface area contributed by atoms with E-state index in [0.717, 1.165) is 25.3 Å². The molecule has 3 heterocycles. The van der Waals surface area contributed by atoms with Gasteiger partial charge in [-0.2, -0.15) is 5.10 Å². The molecule has 1 fully saturated rings. The van der Waals surface area contributed by atoms with Gasteiger partial charge in [0.25, 0.3) is 5.91 Å². The highest BCUT2D eigenvalue weighted by Gasteiger charge is 2.24. The number of carbonyl (C=O) groups is 1. The van der Waals surface area contributed by atoms with E-state index in [1.807, 2.05) is 35.4 Å². The Labute approximate surface area is 151 Å². The fraction of sp³-hybridized carbons (Fsp3) is 0.316. The van der Waals surface area contributed by atoms with Crippen LogP contribution >= 0.6 is 0 Å². The Balaban J connectivity index is 1.38. The topological polar surface area (TPSA) is 63.0 Å². The van der Waals surface area contributed by atoms with Crippen molar-refractivity contribution < 1.29 is 9.53 Å². The Morgan fingerprint density at radius 2 is 1.96 bits per heavy atom. The molecule has 0 unspecified atom stereocenters. The molecule has 0 radical (unpaired) electrons. The van der Waals surface area contributed by atoms with Gasteiger partial charge in [0.05, 0.1) is 12.7 Å². The van der Waals surface area contributed by atoms with Crippen LogP contribution in [-0.4, -0.2) is 63.6 Å². The maximum atomic E-state index is 12.8. The van der Waals surface area contributed by atoms with Crippen molar-refractivity contribution in [3.05, 3.63) is 60.0 Å². The monoisotopic (exact) mass is 351 g/mol. The first-order valence-corrected chi connectivity index (χ1v) is 8.67. The van der Waals surface area contributed by atoms with Crippen molar-refractivity contribution in [2.75, 3.05) is 33.3 Å². The van der Waals surface area contributed by atoms with E-state index >= 15 is 0 Å². The summed E-state index contributed by atoms with van der Waals surface area (Å²) in [7, 11) is 1.59. The third-order valence-electron chi connectivity index (χ3n) is 4.75. The molecular weight excluding hydrogens is 330 g/mol. The molecule has 7 nitrogen and oxygen atoms in total. The number of hydrogen-bond donors (Lipinski definition) is 0. The Kier molecular flexibility index (Phi) is 4.53. The lowest BCUT2D eigenvalue weighted by atomic mass is 10.1. The maximum absolute atomic E-state index is 12.8. The lowest BCUT2D eigenvalue weighted by molar-refractivity contribution is 0.0625. The van der Waals surface area contributed by atoms with Crippen molar-refractivity contribution >= 4 is 11.6 Å². The summed E-state index contributed by atoms with van der Waals surface area (Å²) in [5, 5.41) is 4.12. The molecule has 26 heavy (non-hydrogen) atoms. The Morgan fingerprint density at radius 1 is 1.15 bits per heavy atom. The molecule has 0 N–H and O–H groups in total. The summed E-state index contributed by atoms with van der Waals surface area (Å²) in [4.78, 5) is 21.3. The summed E-state index contributed by atoms with van der Waals surface area (Å²) >= 11 is 0. The molecule has 2 aromatic heterocycles. The van der Waals surface area contributed by atoms with Gasteiger partial charge in [-0.25, -0.2) is 9.50 Å². The first-order chi connectivity index (χ1) is 12.7. The predicted octanol–water partition coefficient (Wildman–Crippen LogP) is 1.70. The van der Waals surface area contributed by atoms with E-state index in [9.17, 15) is 4.79 Å². The molecular formula is C19H21N5O2. The van der Waals surface area contributed by atoms with E-state index in [-0.39, 0.29) is 5.91 Å². The van der Waals surface area contributed by atoms with Gasteiger partial charge in [-0.15, -0.1) is 0 Å². The third-order valence-corrected chi connectivity index (χ3v) is 4.75. The van der Waals surface area contributed by atoms with Crippen LogP contribution in [0.25, 0.3) is 5.65 Å². The largest absolute Gasteiger partial charge is 0.496 e. The normalized spacial score (nSPS) is 15.3. The van der Waals surface area contributed by atoms with Gasteiger partial charge in [0.2, 0.25) is 0 Å². The van der Waals surface area contributed by atoms with Gasteiger partial charge >= 0.3 is 0 Å². The summed E-state index contributed by atoms with van der Waals surface area (Å²) < 4.78 is 7.07. The highest BCUT2D eigenvalue weighted by molar-refractivity contribution is 5.97. The second kappa shape index (κ2) is 7.13. The van der Waals surface area contributed by atoms with Crippen molar-refractivity contribution in [1.29, 1.82) is 0 Å². The van der Waals surface area contributed by atoms with Crippen molar-refractivity contribution in [3.8, 4) is 5.75 Å². The average molecular weight is 351 g/mol. The van der Waals surface area contributed by atoms with Gasteiger partial charge in [0.1, 0.15) is 12.1 Å². The smallest absolute Gasteiger partial charge is 0.257 e. The molecule has 0 aliphatic carbocycles. The highest BCUT2D eigenvalue weighted by atomic mass is 16.5. The molecule has 0 saturated carbocycles. The minimum atomic E-state index is 0.0342. The molecule has 0 atom stereocenters. The van der Waals surface area contributed by atoms with Gasteiger partial charge in [0.15, 0.2) is 5.65 Å². The van der Waals surface area contributed by atoms with Crippen molar-refractivity contribution in [3.63, 3.8) is 0 Å². The summed E-state index contributed by atoms with van der Waals surface area (Å²) in [5.41, 5.74) is 2.68. The van der Waals surface area contributed by atoms with E-state index in [4.69, 9.17) is 4.74 Å². The number of aromatic nitrogens is 3. The predicted molar refractivity (Wildman–Crippen MR) is 97.2 cm³/mol. The van der Waals surface area contributed by atoms with E-state index in [1.54, 1.807) is 18.0 Å². The minimum Gasteiger partial charge on any atom is -0.496 e. The van der Waals surface area contributed by atoms with E-state index < -0.39 is 0 Å². The molecule has 134 valence electrons. The Hall–Kier alpha value is -2.93. The zero-order chi connectivity index (χ0) is 17.9. The minimum absolute atomic E-state index is 0.0342. The van der Waals surface area contributed by atoms with E-state index in [2.05, 4.69) is 27.1 Å².